The highest BCUT2D eigenvalue weighted by Gasteiger charge is 2.16. The minimum atomic E-state index is -0.377. The number of esters is 1. The van der Waals surface area contributed by atoms with Crippen molar-refractivity contribution in [2.24, 2.45) is 0 Å². The third-order valence-electron chi connectivity index (χ3n) is 5.28. The predicted octanol–water partition coefficient (Wildman–Crippen LogP) is 4.75. The van der Waals surface area contributed by atoms with Crippen LogP contribution in [0.5, 0.6) is 11.5 Å². The first-order valence-electron chi connectivity index (χ1n) is 9.99. The van der Waals surface area contributed by atoms with Crippen molar-refractivity contribution in [2.45, 2.75) is 13.0 Å². The van der Waals surface area contributed by atoms with E-state index in [1.165, 1.54) is 12.7 Å². The van der Waals surface area contributed by atoms with Crippen molar-refractivity contribution in [3.63, 3.8) is 0 Å². The van der Waals surface area contributed by atoms with Gasteiger partial charge in [0.15, 0.2) is 0 Å². The van der Waals surface area contributed by atoms with Crippen molar-refractivity contribution < 1.29 is 19.0 Å². The Morgan fingerprint density at radius 1 is 0.903 bits per heavy atom. The van der Waals surface area contributed by atoms with Gasteiger partial charge < -0.3 is 18.8 Å². The summed E-state index contributed by atoms with van der Waals surface area (Å²) < 4.78 is 17.7. The van der Waals surface area contributed by atoms with Crippen molar-refractivity contribution in [1.82, 2.24) is 9.55 Å². The zero-order valence-corrected chi connectivity index (χ0v) is 17.8. The van der Waals surface area contributed by atoms with Crippen LogP contribution in [0.25, 0.3) is 22.4 Å². The van der Waals surface area contributed by atoms with Crippen LogP contribution in [0, 0.1) is 0 Å². The zero-order valence-electron chi connectivity index (χ0n) is 17.8. The monoisotopic (exact) mass is 416 g/mol. The Morgan fingerprint density at radius 2 is 1.68 bits per heavy atom. The van der Waals surface area contributed by atoms with E-state index < -0.39 is 0 Å². The number of hydrogen-bond donors (Lipinski definition) is 0. The molecule has 4 rings (SSSR count). The summed E-state index contributed by atoms with van der Waals surface area (Å²) in [6.45, 7) is 0.729. The van der Waals surface area contributed by atoms with Gasteiger partial charge in [-0.3, -0.25) is 0 Å². The molecule has 31 heavy (non-hydrogen) atoms. The maximum atomic E-state index is 12.0. The summed E-state index contributed by atoms with van der Waals surface area (Å²) in [4.78, 5) is 16.8. The summed E-state index contributed by atoms with van der Waals surface area (Å²) in [6.07, 6.45) is 0.825. The lowest BCUT2D eigenvalue weighted by Crippen LogP contribution is -2.04. The van der Waals surface area contributed by atoms with Crippen molar-refractivity contribution in [3.05, 3.63) is 77.9 Å². The first kappa shape index (κ1) is 20.5. The van der Waals surface area contributed by atoms with Crippen molar-refractivity contribution in [3.8, 4) is 22.9 Å². The summed E-state index contributed by atoms with van der Waals surface area (Å²) in [5.41, 5.74) is 4.33. The van der Waals surface area contributed by atoms with Crippen LogP contribution in [0.3, 0.4) is 0 Å². The molecule has 0 spiro atoms. The molecule has 0 aliphatic rings. The number of hydrogen-bond acceptors (Lipinski definition) is 5. The van der Waals surface area contributed by atoms with Crippen LogP contribution in [0.1, 0.15) is 15.9 Å². The number of aromatic nitrogens is 2. The molecule has 6 heteroatoms. The molecule has 158 valence electrons. The van der Waals surface area contributed by atoms with Crippen molar-refractivity contribution >= 4 is 17.0 Å². The number of imidazole rings is 1. The number of ether oxygens (including phenoxy) is 3. The predicted molar refractivity (Wildman–Crippen MR) is 120 cm³/mol. The van der Waals surface area contributed by atoms with E-state index in [4.69, 9.17) is 19.2 Å². The SMILES string of the molecule is COC(=O)c1ccc2c(c1)nc(-c1cccc(OC)c1)n2CCc1ccc(OC)cc1. The van der Waals surface area contributed by atoms with Gasteiger partial charge in [-0.25, -0.2) is 9.78 Å². The molecule has 0 unspecified atom stereocenters. The van der Waals surface area contributed by atoms with Gasteiger partial charge >= 0.3 is 5.97 Å². The molecular formula is C25H24N2O4. The highest BCUT2D eigenvalue weighted by molar-refractivity contribution is 5.94. The normalized spacial score (nSPS) is 10.8. The van der Waals surface area contributed by atoms with Crippen LogP contribution in [-0.4, -0.2) is 36.8 Å². The van der Waals surface area contributed by atoms with Gasteiger partial charge in [-0.1, -0.05) is 24.3 Å². The lowest BCUT2D eigenvalue weighted by Gasteiger charge is -2.11. The lowest BCUT2D eigenvalue weighted by molar-refractivity contribution is 0.0601. The molecule has 0 radical (unpaired) electrons. The second-order valence-corrected chi connectivity index (χ2v) is 7.11. The number of fused-ring (bicyclic) bond motifs is 1. The molecule has 0 bridgehead atoms. The minimum Gasteiger partial charge on any atom is -0.497 e. The molecule has 0 saturated carbocycles. The Hall–Kier alpha value is -3.80. The molecule has 0 aliphatic carbocycles. The Kier molecular flexibility index (Phi) is 5.89. The molecule has 0 fully saturated rings. The Morgan fingerprint density at radius 3 is 2.39 bits per heavy atom. The molecule has 0 N–H and O–H groups in total. The number of carbonyl (C=O) groups is 1. The second kappa shape index (κ2) is 8.92. The molecule has 0 aliphatic heterocycles. The third-order valence-corrected chi connectivity index (χ3v) is 5.28. The van der Waals surface area contributed by atoms with Gasteiger partial charge in [0, 0.05) is 12.1 Å². The first-order chi connectivity index (χ1) is 15.1. The minimum absolute atomic E-state index is 0.377. The topological polar surface area (TPSA) is 62.6 Å². The largest absolute Gasteiger partial charge is 0.497 e. The number of carbonyl (C=O) groups excluding carboxylic acids is 1. The molecule has 3 aromatic carbocycles. The van der Waals surface area contributed by atoms with Crippen molar-refractivity contribution in [2.75, 3.05) is 21.3 Å². The van der Waals surface area contributed by atoms with E-state index in [0.717, 1.165) is 46.9 Å². The number of benzene rings is 3. The van der Waals surface area contributed by atoms with Gasteiger partial charge in [0.05, 0.1) is 37.9 Å². The molecule has 1 heterocycles. The van der Waals surface area contributed by atoms with Crippen LogP contribution in [0.4, 0.5) is 0 Å². The highest BCUT2D eigenvalue weighted by atomic mass is 16.5. The van der Waals surface area contributed by atoms with E-state index in [9.17, 15) is 4.79 Å². The Labute approximate surface area is 181 Å². The van der Waals surface area contributed by atoms with Gasteiger partial charge in [0.25, 0.3) is 0 Å². The molecule has 0 atom stereocenters. The average Bonchev–Trinajstić information content (AvgIpc) is 3.20. The second-order valence-electron chi connectivity index (χ2n) is 7.11. The van der Waals surface area contributed by atoms with Gasteiger partial charge in [-0.2, -0.15) is 0 Å². The third kappa shape index (κ3) is 4.23. The van der Waals surface area contributed by atoms with E-state index in [1.54, 1.807) is 26.4 Å². The maximum absolute atomic E-state index is 12.0. The Balaban J connectivity index is 1.76. The van der Waals surface area contributed by atoms with Gasteiger partial charge in [-0.15, -0.1) is 0 Å². The van der Waals surface area contributed by atoms with Gasteiger partial charge in [0.1, 0.15) is 17.3 Å². The van der Waals surface area contributed by atoms with E-state index in [-0.39, 0.29) is 5.97 Å². The average molecular weight is 416 g/mol. The molecule has 1 aromatic heterocycles. The fourth-order valence-electron chi connectivity index (χ4n) is 3.62. The van der Waals surface area contributed by atoms with Crippen LogP contribution >= 0.6 is 0 Å². The van der Waals surface area contributed by atoms with Gasteiger partial charge in [0.2, 0.25) is 0 Å². The van der Waals surface area contributed by atoms with Crippen LogP contribution in [0.15, 0.2) is 66.7 Å². The number of rotatable bonds is 7. The summed E-state index contributed by atoms with van der Waals surface area (Å²) in [7, 11) is 4.69. The first-order valence-corrected chi connectivity index (χ1v) is 9.99. The fraction of sp³-hybridized carbons (Fsp3) is 0.200. The maximum Gasteiger partial charge on any atom is 0.337 e. The number of aryl methyl sites for hydroxylation is 2. The van der Waals surface area contributed by atoms with E-state index in [1.807, 2.05) is 42.5 Å². The van der Waals surface area contributed by atoms with Crippen LogP contribution in [-0.2, 0) is 17.7 Å². The molecule has 0 saturated heterocycles. The zero-order chi connectivity index (χ0) is 21.8. The summed E-state index contributed by atoms with van der Waals surface area (Å²) in [6, 6.07) is 21.4. The molecule has 6 nitrogen and oxygen atoms in total. The smallest absolute Gasteiger partial charge is 0.337 e. The van der Waals surface area contributed by atoms with Crippen LogP contribution < -0.4 is 9.47 Å². The lowest BCUT2D eigenvalue weighted by atomic mass is 10.1. The number of methoxy groups -OCH3 is 3. The van der Waals surface area contributed by atoms with E-state index in [0.29, 0.717) is 5.56 Å². The fourth-order valence-corrected chi connectivity index (χ4v) is 3.62. The molecule has 4 aromatic rings. The van der Waals surface area contributed by atoms with E-state index in [2.05, 4.69) is 16.7 Å². The quantitative estimate of drug-likeness (QED) is 0.407. The van der Waals surface area contributed by atoms with Gasteiger partial charge in [-0.05, 0) is 54.4 Å². The number of nitrogens with zero attached hydrogens (tertiary/aromatic N) is 2. The standard InChI is InChI=1S/C25H24N2O4/c1-29-20-10-7-17(8-11-20)13-14-27-23-12-9-19(25(28)31-3)16-22(23)26-24(27)18-5-4-6-21(15-18)30-2/h4-12,15-16H,13-14H2,1-3H3. The summed E-state index contributed by atoms with van der Waals surface area (Å²) >= 11 is 0. The van der Waals surface area contributed by atoms with E-state index >= 15 is 0 Å². The highest BCUT2D eigenvalue weighted by Crippen LogP contribution is 2.28. The van der Waals surface area contributed by atoms with Crippen LogP contribution in [0.2, 0.25) is 0 Å². The summed E-state index contributed by atoms with van der Waals surface area (Å²) in [5.74, 6) is 2.05. The Bertz CT molecular complexity index is 1210. The van der Waals surface area contributed by atoms with Crippen molar-refractivity contribution in [1.29, 1.82) is 0 Å². The summed E-state index contributed by atoms with van der Waals surface area (Å²) in [5, 5.41) is 0. The molecular weight excluding hydrogens is 392 g/mol. The molecule has 0 amide bonds.